The van der Waals surface area contributed by atoms with Crippen molar-refractivity contribution in [2.75, 3.05) is 39.8 Å². The normalized spacial score (nSPS) is 23.3. The molecule has 3 amide bonds. The van der Waals surface area contributed by atoms with Crippen LogP contribution in [0.5, 0.6) is 0 Å². The van der Waals surface area contributed by atoms with Crippen molar-refractivity contribution in [3.63, 3.8) is 0 Å². The zero-order valence-corrected chi connectivity index (χ0v) is 11.2. The van der Waals surface area contributed by atoms with Gasteiger partial charge in [0.2, 0.25) is 5.91 Å². The van der Waals surface area contributed by atoms with Crippen molar-refractivity contribution in [2.45, 2.75) is 25.3 Å². The molecule has 2 rings (SSSR count). The Labute approximate surface area is 108 Å². The number of rotatable bonds is 3. The Kier molecular flexibility index (Phi) is 3.75. The Hall–Kier alpha value is -1.30. The van der Waals surface area contributed by atoms with E-state index in [9.17, 15) is 9.59 Å². The fourth-order valence-corrected chi connectivity index (χ4v) is 2.50. The van der Waals surface area contributed by atoms with Gasteiger partial charge in [-0.05, 0) is 32.9 Å². The van der Waals surface area contributed by atoms with Crippen molar-refractivity contribution in [1.82, 2.24) is 20.4 Å². The van der Waals surface area contributed by atoms with Gasteiger partial charge in [0.05, 0.1) is 0 Å². The molecule has 2 N–H and O–H groups in total. The second-order valence-electron chi connectivity index (χ2n) is 5.48. The van der Waals surface area contributed by atoms with Gasteiger partial charge in [-0.15, -0.1) is 0 Å². The van der Waals surface area contributed by atoms with Gasteiger partial charge in [0.1, 0.15) is 6.54 Å². The molecular formula is C12H22N4O2. The number of piperidine rings is 1. The summed E-state index contributed by atoms with van der Waals surface area (Å²) >= 11 is 0. The van der Waals surface area contributed by atoms with E-state index >= 15 is 0 Å². The minimum atomic E-state index is -0.128. The average molecular weight is 254 g/mol. The van der Waals surface area contributed by atoms with Crippen LogP contribution in [-0.4, -0.2) is 67.0 Å². The predicted octanol–water partition coefficient (Wildman–Crippen LogP) is -0.388. The third kappa shape index (κ3) is 2.93. The summed E-state index contributed by atoms with van der Waals surface area (Å²) in [6.07, 6.45) is 1.87. The van der Waals surface area contributed by atoms with E-state index in [2.05, 4.69) is 17.6 Å². The number of hydrogen-bond acceptors (Lipinski definition) is 3. The number of nitrogens with one attached hydrogen (secondary N) is 2. The summed E-state index contributed by atoms with van der Waals surface area (Å²) in [5, 5.41) is 6.34. The number of amides is 3. The van der Waals surface area contributed by atoms with Crippen LogP contribution < -0.4 is 10.6 Å². The summed E-state index contributed by atoms with van der Waals surface area (Å²) in [5.41, 5.74) is -0.128. The first-order chi connectivity index (χ1) is 8.50. The van der Waals surface area contributed by atoms with Gasteiger partial charge < -0.3 is 20.4 Å². The van der Waals surface area contributed by atoms with E-state index in [1.165, 1.54) is 0 Å². The van der Waals surface area contributed by atoms with Crippen LogP contribution >= 0.6 is 0 Å². The molecule has 6 nitrogen and oxygen atoms in total. The number of carbonyl (C=O) groups is 2. The summed E-state index contributed by atoms with van der Waals surface area (Å²) in [4.78, 5) is 26.9. The van der Waals surface area contributed by atoms with Crippen molar-refractivity contribution in [2.24, 2.45) is 0 Å². The molecule has 0 spiro atoms. The first-order valence-corrected chi connectivity index (χ1v) is 6.52. The van der Waals surface area contributed by atoms with Gasteiger partial charge >= 0.3 is 6.03 Å². The highest BCUT2D eigenvalue weighted by Gasteiger charge is 2.31. The smallest absolute Gasteiger partial charge is 0.320 e. The number of nitrogens with zero attached hydrogens (tertiary/aromatic N) is 2. The maximum atomic E-state index is 12.0. The van der Waals surface area contributed by atoms with Gasteiger partial charge in [0, 0.05) is 25.7 Å². The molecule has 6 heteroatoms. The van der Waals surface area contributed by atoms with Gasteiger partial charge in [-0.3, -0.25) is 4.79 Å². The first-order valence-electron chi connectivity index (χ1n) is 6.52. The molecule has 2 aliphatic heterocycles. The molecule has 0 atom stereocenters. The summed E-state index contributed by atoms with van der Waals surface area (Å²) < 4.78 is 0. The minimum absolute atomic E-state index is 0.0527. The molecule has 0 bridgehead atoms. The fourth-order valence-electron chi connectivity index (χ4n) is 2.50. The molecule has 0 saturated carbocycles. The molecule has 2 fully saturated rings. The lowest BCUT2D eigenvalue weighted by atomic mass is 9.90. The van der Waals surface area contributed by atoms with E-state index < -0.39 is 0 Å². The summed E-state index contributed by atoms with van der Waals surface area (Å²) in [5.74, 6) is -0.0527. The number of likely N-dealkylation sites (N-methyl/N-ethyl adjacent to an activating group) is 1. The van der Waals surface area contributed by atoms with Gasteiger partial charge in [-0.1, -0.05) is 0 Å². The fraction of sp³-hybridized carbons (Fsp3) is 0.833. The Morgan fingerprint density at radius 2 is 2.06 bits per heavy atom. The average Bonchev–Trinajstić information content (AvgIpc) is 2.61. The zero-order chi connectivity index (χ0) is 13.2. The van der Waals surface area contributed by atoms with E-state index in [-0.39, 0.29) is 24.0 Å². The molecular weight excluding hydrogens is 232 g/mol. The summed E-state index contributed by atoms with van der Waals surface area (Å²) in [6, 6.07) is -0.0550. The lowest BCUT2D eigenvalue weighted by molar-refractivity contribution is -0.123. The number of urea groups is 1. The number of hydrogen-bond donors (Lipinski definition) is 2. The summed E-state index contributed by atoms with van der Waals surface area (Å²) in [6.45, 7) is 5.45. The lowest BCUT2D eigenvalue weighted by Crippen LogP contribution is -2.54. The molecule has 2 aliphatic rings. The van der Waals surface area contributed by atoms with Crippen LogP contribution in [0.1, 0.15) is 19.8 Å². The molecule has 0 aromatic rings. The van der Waals surface area contributed by atoms with Crippen molar-refractivity contribution >= 4 is 11.9 Å². The second kappa shape index (κ2) is 5.14. The molecule has 2 saturated heterocycles. The van der Waals surface area contributed by atoms with Gasteiger partial charge in [0.25, 0.3) is 0 Å². The molecule has 0 unspecified atom stereocenters. The van der Waals surface area contributed by atoms with Crippen molar-refractivity contribution in [3.05, 3.63) is 0 Å². The third-order valence-electron chi connectivity index (χ3n) is 3.79. The van der Waals surface area contributed by atoms with E-state index in [0.717, 1.165) is 25.9 Å². The minimum Gasteiger partial charge on any atom is -0.349 e. The Balaban J connectivity index is 1.83. The Morgan fingerprint density at radius 1 is 1.39 bits per heavy atom. The highest BCUT2D eigenvalue weighted by molar-refractivity contribution is 5.85. The molecule has 18 heavy (non-hydrogen) atoms. The van der Waals surface area contributed by atoms with Crippen molar-refractivity contribution in [3.8, 4) is 0 Å². The molecule has 0 aromatic carbocycles. The number of carbonyl (C=O) groups excluding carboxylic acids is 2. The van der Waals surface area contributed by atoms with Gasteiger partial charge in [0.15, 0.2) is 0 Å². The van der Waals surface area contributed by atoms with Crippen molar-refractivity contribution < 1.29 is 9.59 Å². The van der Waals surface area contributed by atoms with Crippen LogP contribution in [0.2, 0.25) is 0 Å². The van der Waals surface area contributed by atoms with E-state index in [0.29, 0.717) is 13.1 Å². The monoisotopic (exact) mass is 254 g/mol. The van der Waals surface area contributed by atoms with Crippen LogP contribution in [0.15, 0.2) is 0 Å². The molecule has 0 radical (unpaired) electrons. The molecule has 0 aliphatic carbocycles. The first kappa shape index (κ1) is 13.1. The highest BCUT2D eigenvalue weighted by Crippen LogP contribution is 2.17. The maximum absolute atomic E-state index is 12.0. The quantitative estimate of drug-likeness (QED) is 0.721. The topological polar surface area (TPSA) is 64.7 Å². The molecule has 0 aromatic heterocycles. The lowest BCUT2D eigenvalue weighted by Gasteiger charge is -2.35. The van der Waals surface area contributed by atoms with Gasteiger partial charge in [-0.2, -0.15) is 0 Å². The predicted molar refractivity (Wildman–Crippen MR) is 68.3 cm³/mol. The zero-order valence-electron chi connectivity index (χ0n) is 11.2. The van der Waals surface area contributed by atoms with Crippen molar-refractivity contribution in [1.29, 1.82) is 0 Å². The third-order valence-corrected chi connectivity index (χ3v) is 3.79. The standard InChI is InChI=1S/C12H22N4O2/c1-12(3-5-13-6-4-12)14-10(17)9-16-8-7-15(2)11(16)18/h13H,3-9H2,1-2H3,(H,14,17). The van der Waals surface area contributed by atoms with E-state index in [4.69, 9.17) is 0 Å². The Bertz CT molecular complexity index is 339. The summed E-state index contributed by atoms with van der Waals surface area (Å²) in [7, 11) is 1.76. The van der Waals surface area contributed by atoms with E-state index in [1.807, 2.05) is 0 Å². The highest BCUT2D eigenvalue weighted by atomic mass is 16.2. The molecule has 2 heterocycles. The maximum Gasteiger partial charge on any atom is 0.320 e. The molecule has 102 valence electrons. The van der Waals surface area contributed by atoms with E-state index in [1.54, 1.807) is 16.8 Å². The largest absolute Gasteiger partial charge is 0.349 e. The van der Waals surface area contributed by atoms with Crippen LogP contribution in [0.4, 0.5) is 4.79 Å². The van der Waals surface area contributed by atoms with Crippen LogP contribution in [0.3, 0.4) is 0 Å². The van der Waals surface area contributed by atoms with Gasteiger partial charge in [-0.25, -0.2) is 4.79 Å². The van der Waals surface area contributed by atoms with Crippen LogP contribution in [0, 0.1) is 0 Å². The SMILES string of the molecule is CN1CCN(CC(=O)NC2(C)CCNCC2)C1=O. The van der Waals surface area contributed by atoms with Crippen LogP contribution in [0.25, 0.3) is 0 Å². The second-order valence-corrected chi connectivity index (χ2v) is 5.48. The Morgan fingerprint density at radius 3 is 2.61 bits per heavy atom. The van der Waals surface area contributed by atoms with Crippen LogP contribution in [-0.2, 0) is 4.79 Å².